The van der Waals surface area contributed by atoms with Crippen LogP contribution in [0.25, 0.3) is 0 Å². The SMILES string of the molecule is CCNC(=NCc1ccc(F)cc1)NCCCc1cn[nH]c1C. The third-order valence-electron chi connectivity index (χ3n) is 3.53. The summed E-state index contributed by atoms with van der Waals surface area (Å²) in [5.74, 6) is 0.554. The van der Waals surface area contributed by atoms with E-state index in [1.165, 1.54) is 17.7 Å². The van der Waals surface area contributed by atoms with Gasteiger partial charge in [-0.1, -0.05) is 12.1 Å². The van der Waals surface area contributed by atoms with Gasteiger partial charge in [0.1, 0.15) is 5.82 Å². The molecule has 2 aromatic rings. The molecule has 23 heavy (non-hydrogen) atoms. The average molecular weight is 317 g/mol. The number of guanidine groups is 1. The lowest BCUT2D eigenvalue weighted by Crippen LogP contribution is -2.37. The minimum Gasteiger partial charge on any atom is -0.357 e. The van der Waals surface area contributed by atoms with Gasteiger partial charge in [0.2, 0.25) is 0 Å². The molecule has 0 aliphatic rings. The molecule has 0 atom stereocenters. The van der Waals surface area contributed by atoms with Crippen molar-refractivity contribution in [2.24, 2.45) is 4.99 Å². The van der Waals surface area contributed by atoms with Crippen LogP contribution in [0.2, 0.25) is 0 Å². The first kappa shape index (κ1) is 17.0. The van der Waals surface area contributed by atoms with Crippen LogP contribution in [0, 0.1) is 12.7 Å². The quantitative estimate of drug-likeness (QED) is 0.418. The van der Waals surface area contributed by atoms with Crippen LogP contribution in [0.15, 0.2) is 35.5 Å². The molecule has 0 unspecified atom stereocenters. The minimum absolute atomic E-state index is 0.225. The molecule has 6 heteroatoms. The van der Waals surface area contributed by atoms with E-state index >= 15 is 0 Å². The average Bonchev–Trinajstić information content (AvgIpc) is 2.96. The van der Waals surface area contributed by atoms with E-state index in [-0.39, 0.29) is 5.82 Å². The van der Waals surface area contributed by atoms with Crippen molar-refractivity contribution in [1.29, 1.82) is 0 Å². The molecular weight excluding hydrogens is 293 g/mol. The Labute approximate surface area is 136 Å². The number of nitrogens with one attached hydrogen (secondary N) is 3. The molecule has 124 valence electrons. The smallest absolute Gasteiger partial charge is 0.191 e. The minimum atomic E-state index is -0.225. The Morgan fingerprint density at radius 1 is 1.26 bits per heavy atom. The highest BCUT2D eigenvalue weighted by molar-refractivity contribution is 5.79. The summed E-state index contributed by atoms with van der Waals surface area (Å²) in [6.07, 6.45) is 3.86. The molecule has 0 radical (unpaired) electrons. The van der Waals surface area contributed by atoms with Crippen LogP contribution in [-0.4, -0.2) is 29.2 Å². The molecule has 0 saturated carbocycles. The van der Waals surface area contributed by atoms with Gasteiger partial charge in [0.25, 0.3) is 0 Å². The van der Waals surface area contributed by atoms with Crippen LogP contribution < -0.4 is 10.6 Å². The number of hydrogen-bond donors (Lipinski definition) is 3. The van der Waals surface area contributed by atoms with Crippen molar-refractivity contribution in [2.45, 2.75) is 33.2 Å². The molecule has 0 aliphatic heterocycles. The second kappa shape index (κ2) is 8.92. The number of rotatable bonds is 7. The van der Waals surface area contributed by atoms with E-state index in [2.05, 4.69) is 25.8 Å². The lowest BCUT2D eigenvalue weighted by molar-refractivity contribution is 0.627. The van der Waals surface area contributed by atoms with E-state index in [0.29, 0.717) is 6.54 Å². The predicted octanol–water partition coefficient (Wildman–Crippen LogP) is 2.55. The number of aromatic nitrogens is 2. The Bertz CT molecular complexity index is 618. The number of nitrogens with zero attached hydrogens (tertiary/aromatic N) is 2. The molecule has 0 fully saturated rings. The third kappa shape index (κ3) is 5.73. The van der Waals surface area contributed by atoms with Crippen molar-refractivity contribution in [3.05, 3.63) is 53.1 Å². The van der Waals surface area contributed by atoms with Crippen molar-refractivity contribution < 1.29 is 4.39 Å². The van der Waals surface area contributed by atoms with Gasteiger partial charge >= 0.3 is 0 Å². The van der Waals surface area contributed by atoms with E-state index in [1.54, 1.807) is 12.1 Å². The van der Waals surface area contributed by atoms with Crippen molar-refractivity contribution in [3.8, 4) is 0 Å². The van der Waals surface area contributed by atoms with Crippen LogP contribution in [0.3, 0.4) is 0 Å². The summed E-state index contributed by atoms with van der Waals surface area (Å²) in [5.41, 5.74) is 3.36. The van der Waals surface area contributed by atoms with Gasteiger partial charge in [0.05, 0.1) is 12.7 Å². The molecule has 0 saturated heterocycles. The van der Waals surface area contributed by atoms with Gasteiger partial charge < -0.3 is 10.6 Å². The fourth-order valence-electron chi connectivity index (χ4n) is 2.22. The maximum atomic E-state index is 12.9. The zero-order chi connectivity index (χ0) is 16.5. The summed E-state index contributed by atoms with van der Waals surface area (Å²) < 4.78 is 12.9. The number of aromatic amines is 1. The zero-order valence-corrected chi connectivity index (χ0v) is 13.7. The van der Waals surface area contributed by atoms with Crippen LogP contribution in [0.1, 0.15) is 30.2 Å². The molecule has 1 aromatic carbocycles. The Morgan fingerprint density at radius 2 is 2.04 bits per heavy atom. The summed E-state index contributed by atoms with van der Waals surface area (Å²) in [5, 5.41) is 13.5. The van der Waals surface area contributed by atoms with Crippen LogP contribution in [-0.2, 0) is 13.0 Å². The molecular formula is C17H24FN5. The Hall–Kier alpha value is -2.37. The van der Waals surface area contributed by atoms with Gasteiger partial charge in [-0.25, -0.2) is 9.38 Å². The maximum Gasteiger partial charge on any atom is 0.191 e. The van der Waals surface area contributed by atoms with Crippen LogP contribution >= 0.6 is 0 Å². The first-order valence-electron chi connectivity index (χ1n) is 7.94. The highest BCUT2D eigenvalue weighted by Crippen LogP contribution is 2.05. The number of benzene rings is 1. The molecule has 1 heterocycles. The number of H-pyrrole nitrogens is 1. The van der Waals surface area contributed by atoms with Crippen molar-refractivity contribution in [3.63, 3.8) is 0 Å². The van der Waals surface area contributed by atoms with Crippen molar-refractivity contribution >= 4 is 5.96 Å². The maximum absolute atomic E-state index is 12.9. The predicted molar refractivity (Wildman–Crippen MR) is 90.9 cm³/mol. The summed E-state index contributed by atoms with van der Waals surface area (Å²) in [6, 6.07) is 6.42. The Kier molecular flexibility index (Phi) is 6.59. The topological polar surface area (TPSA) is 65.1 Å². The van der Waals surface area contributed by atoms with Crippen LogP contribution in [0.5, 0.6) is 0 Å². The first-order valence-corrected chi connectivity index (χ1v) is 7.94. The lowest BCUT2D eigenvalue weighted by atomic mass is 10.1. The number of hydrogen-bond acceptors (Lipinski definition) is 2. The third-order valence-corrected chi connectivity index (χ3v) is 3.53. The summed E-state index contributed by atoms with van der Waals surface area (Å²) >= 11 is 0. The summed E-state index contributed by atoms with van der Waals surface area (Å²) in [7, 11) is 0. The molecule has 3 N–H and O–H groups in total. The molecule has 0 spiro atoms. The normalized spacial score (nSPS) is 11.5. The van der Waals surface area contributed by atoms with Gasteiger partial charge in [-0.2, -0.15) is 5.10 Å². The van der Waals surface area contributed by atoms with E-state index in [1.807, 2.05) is 20.0 Å². The molecule has 0 aliphatic carbocycles. The standard InChI is InChI=1S/C17H24FN5/c1-3-19-17(21-11-14-6-8-16(18)9-7-14)20-10-4-5-15-12-22-23-13(15)2/h6-9,12H,3-5,10-11H2,1-2H3,(H,22,23)(H2,19,20,21). The van der Waals surface area contributed by atoms with Crippen LogP contribution in [0.4, 0.5) is 4.39 Å². The number of aliphatic imine (C=N–C) groups is 1. The highest BCUT2D eigenvalue weighted by atomic mass is 19.1. The largest absolute Gasteiger partial charge is 0.357 e. The van der Waals surface area contributed by atoms with Gasteiger partial charge in [0, 0.05) is 18.8 Å². The van der Waals surface area contributed by atoms with E-state index < -0.39 is 0 Å². The van der Waals surface area contributed by atoms with Gasteiger partial charge in [-0.15, -0.1) is 0 Å². The molecule has 0 amide bonds. The van der Waals surface area contributed by atoms with E-state index in [9.17, 15) is 4.39 Å². The number of halogens is 1. The lowest BCUT2D eigenvalue weighted by Gasteiger charge is -2.11. The van der Waals surface area contributed by atoms with Gasteiger partial charge in [-0.05, 0) is 49.9 Å². The fourth-order valence-corrected chi connectivity index (χ4v) is 2.22. The monoisotopic (exact) mass is 317 g/mol. The number of aryl methyl sites for hydroxylation is 2. The molecule has 5 nitrogen and oxygen atoms in total. The summed E-state index contributed by atoms with van der Waals surface area (Å²) in [6.45, 7) is 6.22. The zero-order valence-electron chi connectivity index (χ0n) is 13.7. The second-order valence-electron chi connectivity index (χ2n) is 5.37. The van der Waals surface area contributed by atoms with Gasteiger partial charge in [-0.3, -0.25) is 5.10 Å². The highest BCUT2D eigenvalue weighted by Gasteiger charge is 2.01. The Balaban J connectivity index is 1.79. The van der Waals surface area contributed by atoms with Crippen molar-refractivity contribution in [1.82, 2.24) is 20.8 Å². The molecule has 2 rings (SSSR count). The molecule has 1 aromatic heterocycles. The van der Waals surface area contributed by atoms with E-state index in [0.717, 1.165) is 43.1 Å². The molecule has 0 bridgehead atoms. The van der Waals surface area contributed by atoms with E-state index in [4.69, 9.17) is 0 Å². The second-order valence-corrected chi connectivity index (χ2v) is 5.37. The first-order chi connectivity index (χ1) is 11.2. The Morgan fingerprint density at radius 3 is 2.70 bits per heavy atom. The van der Waals surface area contributed by atoms with Gasteiger partial charge in [0.15, 0.2) is 5.96 Å². The van der Waals surface area contributed by atoms with Crippen molar-refractivity contribution in [2.75, 3.05) is 13.1 Å². The fraction of sp³-hybridized carbons (Fsp3) is 0.412. The summed E-state index contributed by atoms with van der Waals surface area (Å²) in [4.78, 5) is 4.52.